The third kappa shape index (κ3) is 3.04. The minimum absolute atomic E-state index is 0.0341. The normalized spacial score (nSPS) is 19.8. The number of hydrogen-bond donors (Lipinski definition) is 1. The lowest BCUT2D eigenvalue weighted by atomic mass is 10.0. The van der Waals surface area contributed by atoms with Gasteiger partial charge >= 0.3 is 6.03 Å². The minimum atomic E-state index is -0.0341. The molecule has 1 aliphatic rings. The average molecular weight is 252 g/mol. The number of urea groups is 1. The first-order valence-corrected chi connectivity index (χ1v) is 6.39. The summed E-state index contributed by atoms with van der Waals surface area (Å²) in [5.41, 5.74) is 0. The summed E-state index contributed by atoms with van der Waals surface area (Å²) in [4.78, 5) is 14.0. The van der Waals surface area contributed by atoms with Gasteiger partial charge in [0.1, 0.15) is 5.76 Å². The van der Waals surface area contributed by atoms with Crippen LogP contribution in [0.4, 0.5) is 4.79 Å². The molecular formula is C13H20N2O3. The fourth-order valence-electron chi connectivity index (χ4n) is 2.31. The van der Waals surface area contributed by atoms with Crippen LogP contribution in [0.25, 0.3) is 0 Å². The first-order chi connectivity index (χ1) is 8.83. The van der Waals surface area contributed by atoms with Crippen LogP contribution >= 0.6 is 0 Å². The highest BCUT2D eigenvalue weighted by atomic mass is 16.5. The van der Waals surface area contributed by atoms with Crippen molar-refractivity contribution in [1.82, 2.24) is 10.2 Å². The van der Waals surface area contributed by atoms with E-state index in [1.165, 1.54) is 0 Å². The molecule has 2 amide bonds. The zero-order chi connectivity index (χ0) is 12.8. The molecule has 2 rings (SSSR count). The molecule has 1 aromatic rings. The number of hydrogen-bond acceptors (Lipinski definition) is 3. The van der Waals surface area contributed by atoms with Crippen LogP contribution in [-0.4, -0.2) is 37.7 Å². The second kappa shape index (κ2) is 6.44. The topological polar surface area (TPSA) is 54.7 Å². The monoisotopic (exact) mass is 252 g/mol. The maximum absolute atomic E-state index is 12.1. The molecule has 2 heterocycles. The van der Waals surface area contributed by atoms with Crippen LogP contribution in [0.2, 0.25) is 0 Å². The molecular weight excluding hydrogens is 232 g/mol. The van der Waals surface area contributed by atoms with E-state index in [2.05, 4.69) is 5.32 Å². The molecule has 0 aliphatic carbocycles. The number of ether oxygens (including phenoxy) is 1. The van der Waals surface area contributed by atoms with Gasteiger partial charge < -0.3 is 19.4 Å². The van der Waals surface area contributed by atoms with Crippen LogP contribution < -0.4 is 5.32 Å². The number of piperidine rings is 1. The highest BCUT2D eigenvalue weighted by molar-refractivity contribution is 5.74. The highest BCUT2D eigenvalue weighted by Crippen LogP contribution is 2.30. The van der Waals surface area contributed by atoms with Gasteiger partial charge in [0.2, 0.25) is 0 Å². The number of nitrogens with zero attached hydrogens (tertiary/aromatic N) is 1. The van der Waals surface area contributed by atoms with E-state index in [0.29, 0.717) is 13.2 Å². The van der Waals surface area contributed by atoms with Gasteiger partial charge in [-0.15, -0.1) is 0 Å². The molecule has 5 nitrogen and oxygen atoms in total. The lowest BCUT2D eigenvalue weighted by Crippen LogP contribution is -2.45. The van der Waals surface area contributed by atoms with Gasteiger partial charge in [-0.1, -0.05) is 0 Å². The molecule has 1 aliphatic heterocycles. The molecule has 1 saturated heterocycles. The van der Waals surface area contributed by atoms with Crippen molar-refractivity contribution in [2.24, 2.45) is 0 Å². The molecule has 18 heavy (non-hydrogen) atoms. The lowest BCUT2D eigenvalue weighted by Gasteiger charge is -2.34. The summed E-state index contributed by atoms with van der Waals surface area (Å²) in [5.74, 6) is 0.872. The summed E-state index contributed by atoms with van der Waals surface area (Å²) in [6, 6.07) is 3.83. The molecule has 0 spiro atoms. The summed E-state index contributed by atoms with van der Waals surface area (Å²) in [6.45, 7) is 1.85. The lowest BCUT2D eigenvalue weighted by molar-refractivity contribution is 0.135. The second-order valence-corrected chi connectivity index (χ2v) is 4.45. The van der Waals surface area contributed by atoms with Crippen molar-refractivity contribution in [3.63, 3.8) is 0 Å². The smallest absolute Gasteiger partial charge is 0.318 e. The largest absolute Gasteiger partial charge is 0.467 e. The van der Waals surface area contributed by atoms with Crippen molar-refractivity contribution in [3.05, 3.63) is 24.2 Å². The molecule has 1 aromatic heterocycles. The SMILES string of the molecule is COCCNC(=O)N1CCCCC1c1ccco1. The number of furan rings is 1. The number of carbonyl (C=O) groups is 1. The first-order valence-electron chi connectivity index (χ1n) is 6.39. The molecule has 5 heteroatoms. The second-order valence-electron chi connectivity index (χ2n) is 4.45. The Morgan fingerprint density at radius 2 is 2.50 bits per heavy atom. The van der Waals surface area contributed by atoms with Gasteiger partial charge in [-0.3, -0.25) is 0 Å². The molecule has 100 valence electrons. The predicted octanol–water partition coefficient (Wildman–Crippen LogP) is 2.16. The average Bonchev–Trinajstić information content (AvgIpc) is 2.93. The Labute approximate surface area is 107 Å². The highest BCUT2D eigenvalue weighted by Gasteiger charge is 2.29. The maximum Gasteiger partial charge on any atom is 0.318 e. The van der Waals surface area contributed by atoms with Crippen LogP contribution in [-0.2, 0) is 4.74 Å². The Hall–Kier alpha value is -1.49. The van der Waals surface area contributed by atoms with E-state index in [-0.39, 0.29) is 12.1 Å². The zero-order valence-electron chi connectivity index (χ0n) is 10.7. The molecule has 1 fully saturated rings. The van der Waals surface area contributed by atoms with E-state index >= 15 is 0 Å². The Morgan fingerprint density at radius 3 is 3.22 bits per heavy atom. The predicted molar refractivity (Wildman–Crippen MR) is 67.3 cm³/mol. The third-order valence-corrected chi connectivity index (χ3v) is 3.22. The fraction of sp³-hybridized carbons (Fsp3) is 0.615. The third-order valence-electron chi connectivity index (χ3n) is 3.22. The number of carbonyl (C=O) groups excluding carboxylic acids is 1. The Kier molecular flexibility index (Phi) is 4.64. The van der Waals surface area contributed by atoms with E-state index in [4.69, 9.17) is 9.15 Å². The molecule has 1 N–H and O–H groups in total. The molecule has 0 radical (unpaired) electrons. The van der Waals surface area contributed by atoms with Crippen LogP contribution in [0.1, 0.15) is 31.1 Å². The van der Waals surface area contributed by atoms with E-state index in [0.717, 1.165) is 31.6 Å². The quantitative estimate of drug-likeness (QED) is 0.835. The number of likely N-dealkylation sites (tertiary alicyclic amines) is 1. The first kappa shape index (κ1) is 13.0. The molecule has 0 saturated carbocycles. The molecule has 0 aromatic carbocycles. The molecule has 0 bridgehead atoms. The van der Waals surface area contributed by atoms with Crippen molar-refractivity contribution >= 4 is 6.03 Å². The molecule has 1 unspecified atom stereocenters. The summed E-state index contributed by atoms with van der Waals surface area (Å²) < 4.78 is 10.4. The summed E-state index contributed by atoms with van der Waals surface area (Å²) in [7, 11) is 1.62. The van der Waals surface area contributed by atoms with Crippen molar-refractivity contribution in [2.75, 3.05) is 26.8 Å². The zero-order valence-corrected chi connectivity index (χ0v) is 10.7. The van der Waals surface area contributed by atoms with Gasteiger partial charge in [0.25, 0.3) is 0 Å². The minimum Gasteiger partial charge on any atom is -0.467 e. The van der Waals surface area contributed by atoms with Gasteiger partial charge in [0.05, 0.1) is 18.9 Å². The van der Waals surface area contributed by atoms with Gasteiger partial charge in [0, 0.05) is 20.2 Å². The van der Waals surface area contributed by atoms with Crippen LogP contribution in [0.15, 0.2) is 22.8 Å². The van der Waals surface area contributed by atoms with Gasteiger partial charge in [-0.2, -0.15) is 0 Å². The Balaban J connectivity index is 1.97. The summed E-state index contributed by atoms with van der Waals surface area (Å²) in [6.07, 6.45) is 4.80. The number of nitrogens with one attached hydrogen (secondary N) is 1. The van der Waals surface area contributed by atoms with Crippen molar-refractivity contribution in [3.8, 4) is 0 Å². The van der Waals surface area contributed by atoms with Crippen LogP contribution in [0, 0.1) is 0 Å². The Bertz CT molecular complexity index is 364. The number of methoxy groups -OCH3 is 1. The van der Waals surface area contributed by atoms with Crippen molar-refractivity contribution < 1.29 is 13.9 Å². The van der Waals surface area contributed by atoms with E-state index in [1.807, 2.05) is 17.0 Å². The Morgan fingerprint density at radius 1 is 1.61 bits per heavy atom. The van der Waals surface area contributed by atoms with E-state index in [1.54, 1.807) is 13.4 Å². The fourth-order valence-corrected chi connectivity index (χ4v) is 2.31. The molecule has 1 atom stereocenters. The number of amides is 2. The van der Waals surface area contributed by atoms with Crippen LogP contribution in [0.3, 0.4) is 0 Å². The van der Waals surface area contributed by atoms with Crippen LogP contribution in [0.5, 0.6) is 0 Å². The summed E-state index contributed by atoms with van der Waals surface area (Å²) >= 11 is 0. The van der Waals surface area contributed by atoms with Crippen molar-refractivity contribution in [1.29, 1.82) is 0 Å². The van der Waals surface area contributed by atoms with Gasteiger partial charge in [0.15, 0.2) is 0 Å². The standard InChI is InChI=1S/C13H20N2O3/c1-17-10-7-14-13(16)15-8-3-2-5-11(15)12-6-4-9-18-12/h4,6,9,11H,2-3,5,7-8,10H2,1H3,(H,14,16). The van der Waals surface area contributed by atoms with E-state index < -0.39 is 0 Å². The van der Waals surface area contributed by atoms with Crippen molar-refractivity contribution in [2.45, 2.75) is 25.3 Å². The maximum atomic E-state index is 12.1. The number of rotatable bonds is 4. The van der Waals surface area contributed by atoms with Gasteiger partial charge in [-0.25, -0.2) is 4.79 Å². The summed E-state index contributed by atoms with van der Waals surface area (Å²) in [5, 5.41) is 2.87. The van der Waals surface area contributed by atoms with E-state index in [9.17, 15) is 4.79 Å². The van der Waals surface area contributed by atoms with Gasteiger partial charge in [-0.05, 0) is 31.4 Å².